The third kappa shape index (κ3) is 3.43. The minimum absolute atomic E-state index is 0.105. The Bertz CT molecular complexity index is 827. The van der Waals surface area contributed by atoms with Crippen LogP contribution in [0.15, 0.2) is 24.3 Å². The number of para-hydroxylation sites is 1. The topological polar surface area (TPSA) is 76.8 Å². The lowest BCUT2D eigenvalue weighted by atomic mass is 10.2. The number of hydrogen-bond acceptors (Lipinski definition) is 6. The quantitative estimate of drug-likeness (QED) is 0.659. The van der Waals surface area contributed by atoms with Crippen LogP contribution in [0.5, 0.6) is 0 Å². The van der Waals surface area contributed by atoms with E-state index in [9.17, 15) is 4.79 Å². The van der Waals surface area contributed by atoms with E-state index in [2.05, 4.69) is 27.4 Å². The molecule has 1 aromatic carbocycles. The van der Waals surface area contributed by atoms with Crippen LogP contribution in [0.25, 0.3) is 11.0 Å². The normalized spacial score (nSPS) is 11.1. The maximum atomic E-state index is 12.3. The lowest BCUT2D eigenvalue weighted by molar-refractivity contribution is -0.118. The zero-order valence-electron chi connectivity index (χ0n) is 13.8. The molecule has 1 amide bonds. The van der Waals surface area contributed by atoms with Gasteiger partial charge in [0.15, 0.2) is 0 Å². The molecule has 24 heavy (non-hydrogen) atoms. The molecule has 0 N–H and O–H groups in total. The molecule has 0 unspecified atom stereocenters. The highest BCUT2D eigenvalue weighted by Gasteiger charge is 2.18. The highest BCUT2D eigenvalue weighted by molar-refractivity contribution is 7.15. The zero-order valence-corrected chi connectivity index (χ0v) is 14.7. The third-order valence-electron chi connectivity index (χ3n) is 3.75. The van der Waals surface area contributed by atoms with Crippen molar-refractivity contribution in [3.05, 3.63) is 29.3 Å². The molecule has 0 aliphatic carbocycles. The fourth-order valence-electron chi connectivity index (χ4n) is 2.46. The summed E-state index contributed by atoms with van der Waals surface area (Å²) < 4.78 is 1.80. The van der Waals surface area contributed by atoms with E-state index in [-0.39, 0.29) is 5.91 Å². The lowest BCUT2D eigenvalue weighted by Gasteiger charge is -2.16. The smallest absolute Gasteiger partial charge is 0.228 e. The van der Waals surface area contributed by atoms with Crippen LogP contribution in [0.4, 0.5) is 5.13 Å². The number of anilines is 1. The molecule has 3 aromatic rings. The average molecular weight is 344 g/mol. The van der Waals surface area contributed by atoms with E-state index in [1.807, 2.05) is 31.2 Å². The van der Waals surface area contributed by atoms with Gasteiger partial charge in [0.2, 0.25) is 11.0 Å². The van der Waals surface area contributed by atoms with Gasteiger partial charge in [-0.15, -0.1) is 15.3 Å². The van der Waals surface area contributed by atoms with E-state index < -0.39 is 0 Å². The highest BCUT2D eigenvalue weighted by atomic mass is 32.1. The van der Waals surface area contributed by atoms with Crippen molar-refractivity contribution >= 4 is 33.4 Å². The van der Waals surface area contributed by atoms with Crippen LogP contribution in [0.1, 0.15) is 38.1 Å². The summed E-state index contributed by atoms with van der Waals surface area (Å²) >= 11 is 1.43. The van der Waals surface area contributed by atoms with Crippen molar-refractivity contribution in [2.24, 2.45) is 0 Å². The molecule has 0 bridgehead atoms. The molecule has 8 heteroatoms. The van der Waals surface area contributed by atoms with Crippen molar-refractivity contribution in [2.45, 2.75) is 39.7 Å². The number of rotatable bonds is 7. The Balaban J connectivity index is 1.76. The molecule has 0 spiro atoms. The fraction of sp³-hybridized carbons (Fsp3) is 0.438. The lowest BCUT2D eigenvalue weighted by Crippen LogP contribution is -2.30. The maximum absolute atomic E-state index is 12.3. The first-order chi connectivity index (χ1) is 11.7. The van der Waals surface area contributed by atoms with E-state index in [1.54, 1.807) is 9.58 Å². The van der Waals surface area contributed by atoms with E-state index in [0.717, 1.165) is 28.9 Å². The Hall–Kier alpha value is -2.35. The molecule has 0 aliphatic heterocycles. The van der Waals surface area contributed by atoms with E-state index in [0.29, 0.717) is 24.6 Å². The first-order valence-electron chi connectivity index (χ1n) is 8.14. The Kier molecular flexibility index (Phi) is 5.14. The van der Waals surface area contributed by atoms with Gasteiger partial charge in [-0.2, -0.15) is 0 Å². The average Bonchev–Trinajstić information content (AvgIpc) is 3.22. The monoisotopic (exact) mass is 344 g/mol. The second-order valence-corrected chi connectivity index (χ2v) is 6.50. The Labute approximate surface area is 144 Å². The first-order valence-corrected chi connectivity index (χ1v) is 8.95. The molecule has 0 atom stereocenters. The number of amides is 1. The molecule has 126 valence electrons. The van der Waals surface area contributed by atoms with Gasteiger partial charge in [-0.1, -0.05) is 42.0 Å². The maximum Gasteiger partial charge on any atom is 0.228 e. The van der Waals surface area contributed by atoms with Gasteiger partial charge in [0.1, 0.15) is 10.5 Å². The fourth-order valence-corrected chi connectivity index (χ4v) is 3.36. The summed E-state index contributed by atoms with van der Waals surface area (Å²) in [6.45, 7) is 5.13. The standard InChI is InChI=1S/C16H20N6OS/c1-3-5-10-15(23)21(4-2)16-19-18-14(24-16)11-22-13-9-7-6-8-12(13)17-20-22/h6-9H,3-5,10-11H2,1-2H3. The molecule has 2 heterocycles. The number of carbonyl (C=O) groups is 1. The molecule has 0 radical (unpaired) electrons. The second-order valence-electron chi connectivity index (χ2n) is 5.46. The number of aromatic nitrogens is 5. The van der Waals surface area contributed by atoms with Gasteiger partial charge in [0.25, 0.3) is 0 Å². The molecular formula is C16H20N6OS. The van der Waals surface area contributed by atoms with Crippen molar-refractivity contribution in [2.75, 3.05) is 11.4 Å². The largest absolute Gasteiger partial charge is 0.287 e. The van der Waals surface area contributed by atoms with Crippen LogP contribution in [0.2, 0.25) is 0 Å². The summed E-state index contributed by atoms with van der Waals surface area (Å²) in [6.07, 6.45) is 2.45. The van der Waals surface area contributed by atoms with Gasteiger partial charge < -0.3 is 0 Å². The SMILES string of the molecule is CCCCC(=O)N(CC)c1nnc(Cn2nnc3ccccc32)s1. The van der Waals surface area contributed by atoms with Crippen molar-refractivity contribution in [1.82, 2.24) is 25.2 Å². The molecular weight excluding hydrogens is 324 g/mol. The summed E-state index contributed by atoms with van der Waals surface area (Å²) in [5.74, 6) is 0.105. The third-order valence-corrected chi connectivity index (χ3v) is 4.68. The van der Waals surface area contributed by atoms with Gasteiger partial charge in [0, 0.05) is 13.0 Å². The first kappa shape index (κ1) is 16.5. The van der Waals surface area contributed by atoms with Gasteiger partial charge in [0.05, 0.1) is 12.1 Å². The van der Waals surface area contributed by atoms with Crippen LogP contribution in [-0.4, -0.2) is 37.6 Å². The predicted molar refractivity (Wildman–Crippen MR) is 94.1 cm³/mol. The minimum atomic E-state index is 0.105. The van der Waals surface area contributed by atoms with Crippen LogP contribution in [0.3, 0.4) is 0 Å². The number of hydrogen-bond donors (Lipinski definition) is 0. The zero-order chi connectivity index (χ0) is 16.9. The molecule has 0 saturated heterocycles. The Morgan fingerprint density at radius 2 is 2.04 bits per heavy atom. The van der Waals surface area contributed by atoms with Crippen LogP contribution in [-0.2, 0) is 11.3 Å². The molecule has 7 nitrogen and oxygen atoms in total. The number of nitrogens with zero attached hydrogens (tertiary/aromatic N) is 6. The van der Waals surface area contributed by atoms with E-state index >= 15 is 0 Å². The van der Waals surface area contributed by atoms with Gasteiger partial charge >= 0.3 is 0 Å². The summed E-state index contributed by atoms with van der Waals surface area (Å²) in [5, 5.41) is 18.2. The Morgan fingerprint density at radius 3 is 2.83 bits per heavy atom. The molecule has 0 saturated carbocycles. The van der Waals surface area contributed by atoms with Crippen molar-refractivity contribution in [1.29, 1.82) is 0 Å². The summed E-state index contributed by atoms with van der Waals surface area (Å²) in [5.41, 5.74) is 1.81. The number of fused-ring (bicyclic) bond motifs is 1. The molecule has 0 aliphatic rings. The van der Waals surface area contributed by atoms with Crippen molar-refractivity contribution < 1.29 is 4.79 Å². The van der Waals surface area contributed by atoms with E-state index in [1.165, 1.54) is 11.3 Å². The van der Waals surface area contributed by atoms with Crippen molar-refractivity contribution in [3.8, 4) is 0 Å². The molecule has 3 rings (SSSR count). The van der Waals surface area contributed by atoms with Crippen molar-refractivity contribution in [3.63, 3.8) is 0 Å². The number of unbranched alkanes of at least 4 members (excludes halogenated alkanes) is 1. The minimum Gasteiger partial charge on any atom is -0.287 e. The Morgan fingerprint density at radius 1 is 1.21 bits per heavy atom. The van der Waals surface area contributed by atoms with Gasteiger partial charge in [-0.25, -0.2) is 4.68 Å². The van der Waals surface area contributed by atoms with Crippen LogP contribution >= 0.6 is 11.3 Å². The van der Waals surface area contributed by atoms with Gasteiger partial charge in [-0.05, 0) is 25.5 Å². The molecule has 0 fully saturated rings. The second kappa shape index (κ2) is 7.48. The molecule has 2 aromatic heterocycles. The highest BCUT2D eigenvalue weighted by Crippen LogP contribution is 2.23. The van der Waals surface area contributed by atoms with E-state index in [4.69, 9.17) is 0 Å². The predicted octanol–water partition coefficient (Wildman–Crippen LogP) is 2.87. The summed E-state index contributed by atoms with van der Waals surface area (Å²) in [7, 11) is 0. The van der Waals surface area contributed by atoms with Crippen LogP contribution < -0.4 is 4.90 Å². The number of benzene rings is 1. The van der Waals surface area contributed by atoms with Gasteiger partial charge in [-0.3, -0.25) is 9.69 Å². The summed E-state index contributed by atoms with van der Waals surface area (Å²) in [6, 6.07) is 7.80. The van der Waals surface area contributed by atoms with Crippen LogP contribution in [0, 0.1) is 0 Å². The summed E-state index contributed by atoms with van der Waals surface area (Å²) in [4.78, 5) is 14.0. The number of carbonyl (C=O) groups excluding carboxylic acids is 1.